The SMILES string of the molecule is O[C@@H](COc1ccc(-c2ccccc2)cc1)C1CC1. The summed E-state index contributed by atoms with van der Waals surface area (Å²) in [7, 11) is 0. The molecule has 3 rings (SSSR count). The monoisotopic (exact) mass is 254 g/mol. The molecule has 1 atom stereocenters. The van der Waals surface area contributed by atoms with Crippen molar-refractivity contribution in [3.05, 3.63) is 54.6 Å². The Kier molecular flexibility index (Phi) is 3.51. The van der Waals surface area contributed by atoms with Gasteiger partial charge >= 0.3 is 0 Å². The van der Waals surface area contributed by atoms with Crippen LogP contribution in [0.25, 0.3) is 11.1 Å². The third-order valence-electron chi connectivity index (χ3n) is 3.55. The van der Waals surface area contributed by atoms with Gasteiger partial charge < -0.3 is 9.84 Å². The number of aliphatic hydroxyl groups is 1. The first-order valence-electron chi connectivity index (χ1n) is 6.79. The molecule has 2 aromatic carbocycles. The molecule has 1 aliphatic rings. The average molecular weight is 254 g/mol. The number of hydrogen-bond donors (Lipinski definition) is 1. The van der Waals surface area contributed by atoms with Crippen LogP contribution in [0.1, 0.15) is 12.8 Å². The zero-order valence-electron chi connectivity index (χ0n) is 10.8. The van der Waals surface area contributed by atoms with Gasteiger partial charge in [-0.15, -0.1) is 0 Å². The van der Waals surface area contributed by atoms with E-state index in [1.807, 2.05) is 42.5 Å². The van der Waals surface area contributed by atoms with E-state index in [9.17, 15) is 5.11 Å². The van der Waals surface area contributed by atoms with E-state index in [0.29, 0.717) is 12.5 Å². The Morgan fingerprint density at radius 3 is 2.21 bits per heavy atom. The Bertz CT molecular complexity index is 515. The van der Waals surface area contributed by atoms with Crippen LogP contribution < -0.4 is 4.74 Å². The lowest BCUT2D eigenvalue weighted by Crippen LogP contribution is -2.19. The molecule has 19 heavy (non-hydrogen) atoms. The predicted octanol–water partition coefficient (Wildman–Crippen LogP) is 3.50. The molecule has 1 saturated carbocycles. The van der Waals surface area contributed by atoms with Gasteiger partial charge in [-0.3, -0.25) is 0 Å². The summed E-state index contributed by atoms with van der Waals surface area (Å²) in [6.07, 6.45) is 1.96. The highest BCUT2D eigenvalue weighted by atomic mass is 16.5. The van der Waals surface area contributed by atoms with E-state index >= 15 is 0 Å². The van der Waals surface area contributed by atoms with Crippen molar-refractivity contribution in [1.29, 1.82) is 0 Å². The molecule has 0 radical (unpaired) electrons. The zero-order chi connectivity index (χ0) is 13.1. The molecule has 0 unspecified atom stereocenters. The first kappa shape index (κ1) is 12.2. The molecule has 0 bridgehead atoms. The largest absolute Gasteiger partial charge is 0.491 e. The Balaban J connectivity index is 1.62. The lowest BCUT2D eigenvalue weighted by atomic mass is 10.1. The van der Waals surface area contributed by atoms with Gasteiger partial charge in [0.05, 0.1) is 6.10 Å². The first-order valence-corrected chi connectivity index (χ1v) is 6.79. The van der Waals surface area contributed by atoms with E-state index in [1.165, 1.54) is 11.1 Å². The smallest absolute Gasteiger partial charge is 0.119 e. The van der Waals surface area contributed by atoms with Crippen LogP contribution in [0.15, 0.2) is 54.6 Å². The van der Waals surface area contributed by atoms with Crippen LogP contribution in [0.4, 0.5) is 0 Å². The van der Waals surface area contributed by atoms with Crippen LogP contribution in [0.3, 0.4) is 0 Å². The summed E-state index contributed by atoms with van der Waals surface area (Å²) in [6.45, 7) is 0.398. The third-order valence-corrected chi connectivity index (χ3v) is 3.55. The van der Waals surface area contributed by atoms with E-state index < -0.39 is 0 Å². The Morgan fingerprint density at radius 1 is 0.947 bits per heavy atom. The van der Waals surface area contributed by atoms with Gasteiger partial charge in [-0.1, -0.05) is 42.5 Å². The highest BCUT2D eigenvalue weighted by Crippen LogP contribution is 2.32. The lowest BCUT2D eigenvalue weighted by molar-refractivity contribution is 0.0894. The first-order chi connectivity index (χ1) is 9.33. The van der Waals surface area contributed by atoms with Gasteiger partial charge in [0.25, 0.3) is 0 Å². The van der Waals surface area contributed by atoms with Gasteiger partial charge in [0.15, 0.2) is 0 Å². The molecule has 0 aromatic heterocycles. The summed E-state index contributed by atoms with van der Waals surface area (Å²) in [6, 6.07) is 18.3. The van der Waals surface area contributed by atoms with Crippen LogP contribution in [-0.2, 0) is 0 Å². The normalized spacial score (nSPS) is 16.1. The number of aliphatic hydroxyl groups excluding tert-OH is 1. The molecule has 98 valence electrons. The molecule has 0 aliphatic heterocycles. The number of benzene rings is 2. The van der Waals surface area contributed by atoms with Crippen LogP contribution >= 0.6 is 0 Å². The second-order valence-electron chi connectivity index (χ2n) is 5.11. The fraction of sp³-hybridized carbons (Fsp3) is 0.294. The highest BCUT2D eigenvalue weighted by molar-refractivity contribution is 5.63. The Hall–Kier alpha value is -1.80. The van der Waals surface area contributed by atoms with Gasteiger partial charge in [0.2, 0.25) is 0 Å². The van der Waals surface area contributed by atoms with Crippen molar-refractivity contribution >= 4 is 0 Å². The summed E-state index contributed by atoms with van der Waals surface area (Å²) >= 11 is 0. The van der Waals surface area contributed by atoms with E-state index in [2.05, 4.69) is 12.1 Å². The number of hydrogen-bond acceptors (Lipinski definition) is 2. The lowest BCUT2D eigenvalue weighted by Gasteiger charge is -2.11. The van der Waals surface area contributed by atoms with Crippen LogP contribution in [0.5, 0.6) is 5.75 Å². The van der Waals surface area contributed by atoms with Gasteiger partial charge in [0.1, 0.15) is 12.4 Å². The standard InChI is InChI=1S/C17H18O2/c18-17(15-6-7-15)12-19-16-10-8-14(9-11-16)13-4-2-1-3-5-13/h1-5,8-11,15,17-18H,6-7,12H2/t17-/m0/s1. The second kappa shape index (κ2) is 5.45. The molecule has 1 N–H and O–H groups in total. The molecule has 0 saturated heterocycles. The van der Waals surface area contributed by atoms with Gasteiger partial charge in [0, 0.05) is 0 Å². The molecule has 0 amide bonds. The van der Waals surface area contributed by atoms with E-state index in [1.54, 1.807) is 0 Å². The quantitative estimate of drug-likeness (QED) is 0.884. The summed E-state index contributed by atoms with van der Waals surface area (Å²) in [5.41, 5.74) is 2.38. The van der Waals surface area contributed by atoms with E-state index in [0.717, 1.165) is 18.6 Å². The van der Waals surface area contributed by atoms with Crippen molar-refractivity contribution in [2.45, 2.75) is 18.9 Å². The Labute approximate surface area is 113 Å². The second-order valence-corrected chi connectivity index (χ2v) is 5.11. The van der Waals surface area contributed by atoms with Crippen molar-refractivity contribution in [3.63, 3.8) is 0 Å². The molecule has 2 nitrogen and oxygen atoms in total. The maximum Gasteiger partial charge on any atom is 0.119 e. The van der Waals surface area contributed by atoms with E-state index in [4.69, 9.17) is 4.74 Å². The molecule has 1 fully saturated rings. The predicted molar refractivity (Wildman–Crippen MR) is 76.1 cm³/mol. The van der Waals surface area contributed by atoms with Crippen molar-refractivity contribution in [2.24, 2.45) is 5.92 Å². The summed E-state index contributed by atoms with van der Waals surface area (Å²) in [5, 5.41) is 9.76. The molecule has 2 heteroatoms. The minimum atomic E-state index is -0.311. The molecule has 1 aliphatic carbocycles. The summed E-state index contributed by atoms with van der Waals surface area (Å²) in [5.74, 6) is 1.28. The minimum Gasteiger partial charge on any atom is -0.491 e. The van der Waals surface area contributed by atoms with Crippen molar-refractivity contribution < 1.29 is 9.84 Å². The molecule has 0 spiro atoms. The van der Waals surface area contributed by atoms with E-state index in [-0.39, 0.29) is 6.10 Å². The van der Waals surface area contributed by atoms with Gasteiger partial charge in [-0.25, -0.2) is 0 Å². The van der Waals surface area contributed by atoms with Crippen molar-refractivity contribution in [2.75, 3.05) is 6.61 Å². The fourth-order valence-corrected chi connectivity index (χ4v) is 2.17. The third kappa shape index (κ3) is 3.15. The van der Waals surface area contributed by atoms with Gasteiger partial charge in [-0.2, -0.15) is 0 Å². The summed E-state index contributed by atoms with van der Waals surface area (Å²) in [4.78, 5) is 0. The molecular formula is C17H18O2. The van der Waals surface area contributed by atoms with Crippen LogP contribution in [0.2, 0.25) is 0 Å². The number of ether oxygens (including phenoxy) is 1. The van der Waals surface area contributed by atoms with Crippen molar-refractivity contribution in [3.8, 4) is 16.9 Å². The average Bonchev–Trinajstić information content (AvgIpc) is 3.31. The highest BCUT2D eigenvalue weighted by Gasteiger charge is 2.29. The molecule has 2 aromatic rings. The Morgan fingerprint density at radius 2 is 1.58 bits per heavy atom. The maximum atomic E-state index is 9.76. The molecular weight excluding hydrogens is 236 g/mol. The number of rotatable bonds is 5. The minimum absolute atomic E-state index is 0.311. The van der Waals surface area contributed by atoms with Gasteiger partial charge in [-0.05, 0) is 42.0 Å². The van der Waals surface area contributed by atoms with Crippen molar-refractivity contribution in [1.82, 2.24) is 0 Å². The zero-order valence-corrected chi connectivity index (χ0v) is 10.8. The topological polar surface area (TPSA) is 29.5 Å². The molecule has 0 heterocycles. The van der Waals surface area contributed by atoms with Crippen LogP contribution in [-0.4, -0.2) is 17.8 Å². The summed E-state index contributed by atoms with van der Waals surface area (Å²) < 4.78 is 5.61. The van der Waals surface area contributed by atoms with Crippen LogP contribution in [0, 0.1) is 5.92 Å². The fourth-order valence-electron chi connectivity index (χ4n) is 2.17. The maximum absolute atomic E-state index is 9.76.